The lowest BCUT2D eigenvalue weighted by atomic mass is 10.1. The molecule has 3 rings (SSSR count). The van der Waals surface area contributed by atoms with Gasteiger partial charge in [-0.25, -0.2) is 19.9 Å². The minimum Gasteiger partial charge on any atom is -0.376 e. The summed E-state index contributed by atoms with van der Waals surface area (Å²) in [7, 11) is 0. The minimum absolute atomic E-state index is 0.450. The maximum atomic E-state index is 6.16. The van der Waals surface area contributed by atoms with Crippen molar-refractivity contribution in [1.82, 2.24) is 19.9 Å². The van der Waals surface area contributed by atoms with E-state index in [9.17, 15) is 0 Å². The van der Waals surface area contributed by atoms with Gasteiger partial charge >= 0.3 is 0 Å². The second-order valence-corrected chi connectivity index (χ2v) is 4.41. The van der Waals surface area contributed by atoms with Crippen LogP contribution in [0.4, 0.5) is 0 Å². The molecule has 0 spiro atoms. The molecule has 0 amide bonds. The maximum absolute atomic E-state index is 6.16. The Labute approximate surface area is 109 Å². The van der Waals surface area contributed by atoms with Crippen molar-refractivity contribution in [3.8, 4) is 11.5 Å². The van der Waals surface area contributed by atoms with E-state index in [2.05, 4.69) is 19.9 Å². The van der Waals surface area contributed by atoms with Crippen LogP contribution in [0.5, 0.6) is 0 Å². The topological polar surface area (TPSA) is 60.8 Å². The van der Waals surface area contributed by atoms with Crippen LogP contribution >= 0.6 is 11.6 Å². The first-order valence-electron chi connectivity index (χ1n) is 5.67. The van der Waals surface area contributed by atoms with Gasteiger partial charge in [0.05, 0.1) is 18.9 Å². The van der Waals surface area contributed by atoms with Crippen molar-refractivity contribution in [2.45, 2.75) is 20.0 Å². The zero-order valence-electron chi connectivity index (χ0n) is 9.85. The van der Waals surface area contributed by atoms with Gasteiger partial charge < -0.3 is 4.74 Å². The number of fused-ring (bicyclic) bond motifs is 1. The van der Waals surface area contributed by atoms with E-state index < -0.39 is 0 Å². The molecule has 0 saturated carbocycles. The van der Waals surface area contributed by atoms with Crippen LogP contribution in [-0.4, -0.2) is 26.5 Å². The molecule has 5 nitrogen and oxygen atoms in total. The predicted octanol–water partition coefficient (Wildman–Crippen LogP) is 1.97. The average Bonchev–Trinajstić information content (AvgIpc) is 2.39. The Balaban J connectivity index is 2.11. The summed E-state index contributed by atoms with van der Waals surface area (Å²) in [6.07, 6.45) is 2.45. The summed E-state index contributed by atoms with van der Waals surface area (Å²) >= 11 is 6.16. The number of aryl methyl sites for hydroxylation is 1. The summed E-state index contributed by atoms with van der Waals surface area (Å²) in [6.45, 7) is 2.98. The normalized spacial score (nSPS) is 14.3. The summed E-state index contributed by atoms with van der Waals surface area (Å²) in [5.74, 6) is 1.24. The van der Waals surface area contributed by atoms with Crippen LogP contribution in [0.3, 0.4) is 0 Å². The van der Waals surface area contributed by atoms with E-state index in [0.717, 1.165) is 17.7 Å². The molecule has 1 aliphatic rings. The average molecular weight is 263 g/mol. The first-order chi connectivity index (χ1) is 8.74. The second-order valence-electron chi connectivity index (χ2n) is 4.05. The highest BCUT2D eigenvalue weighted by molar-refractivity contribution is 6.30. The number of ether oxygens (including phenoxy) is 1. The molecule has 0 radical (unpaired) electrons. The Morgan fingerprint density at radius 1 is 1.28 bits per heavy atom. The van der Waals surface area contributed by atoms with E-state index in [0.29, 0.717) is 35.7 Å². The van der Waals surface area contributed by atoms with E-state index in [1.165, 1.54) is 0 Å². The highest BCUT2D eigenvalue weighted by Crippen LogP contribution is 2.24. The summed E-state index contributed by atoms with van der Waals surface area (Å²) < 4.78 is 5.35. The van der Waals surface area contributed by atoms with Crippen molar-refractivity contribution < 1.29 is 4.74 Å². The van der Waals surface area contributed by atoms with Gasteiger partial charge in [0.15, 0.2) is 5.82 Å². The van der Waals surface area contributed by atoms with Crippen molar-refractivity contribution in [2.75, 3.05) is 6.61 Å². The van der Waals surface area contributed by atoms with Gasteiger partial charge in [0.2, 0.25) is 0 Å². The molecule has 0 N–H and O–H groups in total. The lowest BCUT2D eigenvalue weighted by molar-refractivity contribution is 0.109. The molecule has 0 unspecified atom stereocenters. The summed E-state index contributed by atoms with van der Waals surface area (Å²) in [5.41, 5.74) is 2.53. The van der Waals surface area contributed by atoms with Crippen LogP contribution in [0.2, 0.25) is 5.15 Å². The molecule has 3 heterocycles. The molecule has 18 heavy (non-hydrogen) atoms. The number of rotatable bonds is 1. The Hall–Kier alpha value is -1.59. The third kappa shape index (κ3) is 2.07. The van der Waals surface area contributed by atoms with Gasteiger partial charge in [0.1, 0.15) is 16.7 Å². The van der Waals surface area contributed by atoms with Crippen LogP contribution in [0.25, 0.3) is 11.5 Å². The molecular formula is C12H11ClN4O. The Morgan fingerprint density at radius 3 is 3.00 bits per heavy atom. The molecule has 2 aromatic rings. The highest BCUT2D eigenvalue weighted by atomic mass is 35.5. The minimum atomic E-state index is 0.450. The van der Waals surface area contributed by atoms with Gasteiger partial charge in [-0.3, -0.25) is 0 Å². The molecule has 1 aliphatic heterocycles. The highest BCUT2D eigenvalue weighted by Gasteiger charge is 2.18. The fourth-order valence-corrected chi connectivity index (χ4v) is 2.13. The molecule has 0 aromatic carbocycles. The van der Waals surface area contributed by atoms with Crippen molar-refractivity contribution in [3.05, 3.63) is 34.5 Å². The molecule has 0 saturated heterocycles. The van der Waals surface area contributed by atoms with Crippen molar-refractivity contribution in [2.24, 2.45) is 0 Å². The summed E-state index contributed by atoms with van der Waals surface area (Å²) in [6, 6.07) is 1.78. The Kier molecular flexibility index (Phi) is 2.93. The summed E-state index contributed by atoms with van der Waals surface area (Å²) in [5, 5.41) is 0.450. The Morgan fingerprint density at radius 2 is 2.17 bits per heavy atom. The van der Waals surface area contributed by atoms with Gasteiger partial charge in [-0.15, -0.1) is 0 Å². The lowest BCUT2D eigenvalue weighted by Crippen LogP contribution is -2.14. The Bertz CT molecular complexity index is 603. The molecule has 0 fully saturated rings. The number of halogens is 1. The number of hydrogen-bond donors (Lipinski definition) is 0. The number of aromatic nitrogens is 4. The molecule has 92 valence electrons. The van der Waals surface area contributed by atoms with Gasteiger partial charge in [-0.1, -0.05) is 11.6 Å². The standard InChI is InChI=1S/C12H11ClN4O/c1-7-14-4-2-10(15-7)12-16-9-3-5-18-6-8(9)11(13)17-12/h2,4H,3,5-6H2,1H3. The van der Waals surface area contributed by atoms with Crippen LogP contribution in [0, 0.1) is 6.92 Å². The van der Waals surface area contributed by atoms with E-state index in [-0.39, 0.29) is 0 Å². The molecule has 6 heteroatoms. The second kappa shape index (κ2) is 4.59. The lowest BCUT2D eigenvalue weighted by Gasteiger charge is -2.16. The van der Waals surface area contributed by atoms with Crippen molar-refractivity contribution >= 4 is 11.6 Å². The van der Waals surface area contributed by atoms with Crippen LogP contribution < -0.4 is 0 Å². The van der Waals surface area contributed by atoms with Crippen molar-refractivity contribution in [3.63, 3.8) is 0 Å². The fraction of sp³-hybridized carbons (Fsp3) is 0.333. The van der Waals surface area contributed by atoms with Gasteiger partial charge in [-0.2, -0.15) is 0 Å². The monoisotopic (exact) mass is 262 g/mol. The van der Waals surface area contributed by atoms with Crippen LogP contribution in [0.1, 0.15) is 17.1 Å². The predicted molar refractivity (Wildman–Crippen MR) is 66.2 cm³/mol. The fourth-order valence-electron chi connectivity index (χ4n) is 1.89. The van der Waals surface area contributed by atoms with Gasteiger partial charge in [0, 0.05) is 18.2 Å². The zero-order valence-corrected chi connectivity index (χ0v) is 10.6. The third-order valence-corrected chi connectivity index (χ3v) is 3.09. The smallest absolute Gasteiger partial charge is 0.179 e. The first-order valence-corrected chi connectivity index (χ1v) is 6.05. The number of hydrogen-bond acceptors (Lipinski definition) is 5. The van der Waals surface area contributed by atoms with E-state index in [4.69, 9.17) is 16.3 Å². The van der Waals surface area contributed by atoms with Gasteiger partial charge in [0.25, 0.3) is 0 Å². The SMILES string of the molecule is Cc1nccc(-c2nc(Cl)c3c(n2)CCOC3)n1. The van der Waals surface area contributed by atoms with Crippen molar-refractivity contribution in [1.29, 1.82) is 0 Å². The van der Waals surface area contributed by atoms with Crippen LogP contribution in [0.15, 0.2) is 12.3 Å². The van der Waals surface area contributed by atoms with Gasteiger partial charge in [-0.05, 0) is 13.0 Å². The summed E-state index contributed by atoms with van der Waals surface area (Å²) in [4.78, 5) is 17.2. The molecule has 0 atom stereocenters. The molecule has 2 aromatic heterocycles. The largest absolute Gasteiger partial charge is 0.376 e. The van der Waals surface area contributed by atoms with E-state index in [1.807, 2.05) is 6.92 Å². The third-order valence-electron chi connectivity index (χ3n) is 2.78. The first kappa shape index (κ1) is 11.5. The maximum Gasteiger partial charge on any atom is 0.179 e. The molecule has 0 aliphatic carbocycles. The van der Waals surface area contributed by atoms with E-state index in [1.54, 1.807) is 12.3 Å². The molecular weight excluding hydrogens is 252 g/mol. The van der Waals surface area contributed by atoms with E-state index >= 15 is 0 Å². The molecule has 0 bridgehead atoms. The quantitative estimate of drug-likeness (QED) is 0.736. The van der Waals surface area contributed by atoms with Crippen LogP contribution in [-0.2, 0) is 17.8 Å². The number of nitrogens with zero attached hydrogens (tertiary/aromatic N) is 4. The zero-order chi connectivity index (χ0) is 12.5.